The van der Waals surface area contributed by atoms with Crippen LogP contribution in [-0.4, -0.2) is 23.6 Å². The Bertz CT molecular complexity index is 364. The molecular formula is C14H18O3. The van der Waals surface area contributed by atoms with Gasteiger partial charge in [-0.15, -0.1) is 0 Å². The number of carbonyl (C=O) groups excluding carboxylic acids is 1. The molecule has 0 aliphatic heterocycles. The Hall–Kier alpha value is -1.35. The molecule has 1 aliphatic rings. The van der Waals surface area contributed by atoms with Gasteiger partial charge >= 0.3 is 0 Å². The molecule has 0 unspecified atom stereocenters. The van der Waals surface area contributed by atoms with Crippen LogP contribution < -0.4 is 4.74 Å². The zero-order valence-corrected chi connectivity index (χ0v) is 9.89. The van der Waals surface area contributed by atoms with Gasteiger partial charge in [-0.05, 0) is 49.9 Å². The fourth-order valence-electron chi connectivity index (χ4n) is 2.16. The lowest BCUT2D eigenvalue weighted by molar-refractivity contribution is 0.0956. The van der Waals surface area contributed by atoms with E-state index in [1.54, 1.807) is 12.1 Å². The normalized spacial score (nSPS) is 16.1. The van der Waals surface area contributed by atoms with E-state index in [2.05, 4.69) is 0 Å². The minimum absolute atomic E-state index is 0.0279. The number of aliphatic hydroxyl groups excluding tert-OH is 1. The Morgan fingerprint density at radius 1 is 1.24 bits per heavy atom. The summed E-state index contributed by atoms with van der Waals surface area (Å²) in [5.41, 5.74) is 0.637. The van der Waals surface area contributed by atoms with Crippen molar-refractivity contribution in [3.63, 3.8) is 0 Å². The fourth-order valence-corrected chi connectivity index (χ4v) is 2.16. The second-order valence-electron chi connectivity index (χ2n) is 4.45. The van der Waals surface area contributed by atoms with Crippen molar-refractivity contribution in [2.75, 3.05) is 6.61 Å². The van der Waals surface area contributed by atoms with Gasteiger partial charge in [-0.3, -0.25) is 4.79 Å². The quantitative estimate of drug-likeness (QED) is 0.796. The molecule has 92 valence electrons. The zero-order valence-electron chi connectivity index (χ0n) is 9.89. The first-order valence-electron chi connectivity index (χ1n) is 6.20. The van der Waals surface area contributed by atoms with Crippen molar-refractivity contribution in [1.29, 1.82) is 0 Å². The summed E-state index contributed by atoms with van der Waals surface area (Å²) in [4.78, 5) is 11.5. The second kappa shape index (κ2) is 5.82. The largest absolute Gasteiger partial charge is 0.490 e. The Labute approximate surface area is 101 Å². The third-order valence-corrected chi connectivity index (χ3v) is 3.12. The van der Waals surface area contributed by atoms with Crippen molar-refractivity contribution in [3.8, 4) is 5.75 Å². The van der Waals surface area contributed by atoms with Gasteiger partial charge in [-0.1, -0.05) is 0 Å². The van der Waals surface area contributed by atoms with Crippen LogP contribution >= 0.6 is 0 Å². The van der Waals surface area contributed by atoms with E-state index < -0.39 is 0 Å². The first-order valence-corrected chi connectivity index (χ1v) is 6.20. The van der Waals surface area contributed by atoms with Crippen molar-refractivity contribution < 1.29 is 14.6 Å². The van der Waals surface area contributed by atoms with Crippen molar-refractivity contribution in [2.24, 2.45) is 0 Å². The number of ether oxygens (including phenoxy) is 1. The predicted octanol–water partition coefficient (Wildman–Crippen LogP) is 2.57. The standard InChI is InChI=1S/C14H18O3/c15-10-9-14(16)11-5-7-13(8-6-11)17-12-3-1-2-4-12/h5-8,12,15H,1-4,9-10H2. The maximum atomic E-state index is 11.5. The summed E-state index contributed by atoms with van der Waals surface area (Å²) >= 11 is 0. The predicted molar refractivity (Wildman–Crippen MR) is 65.4 cm³/mol. The molecule has 3 heteroatoms. The van der Waals surface area contributed by atoms with Crippen LogP contribution in [0.25, 0.3) is 0 Å². The van der Waals surface area contributed by atoms with Gasteiger partial charge < -0.3 is 9.84 Å². The van der Waals surface area contributed by atoms with Gasteiger partial charge in [0, 0.05) is 12.0 Å². The first kappa shape index (κ1) is 12.1. The van der Waals surface area contributed by atoms with Crippen LogP contribution in [0.4, 0.5) is 0 Å². The number of benzene rings is 1. The van der Waals surface area contributed by atoms with Gasteiger partial charge in [0.2, 0.25) is 0 Å². The lowest BCUT2D eigenvalue weighted by atomic mass is 10.1. The van der Waals surface area contributed by atoms with Gasteiger partial charge in [0.15, 0.2) is 5.78 Å². The summed E-state index contributed by atoms with van der Waals surface area (Å²) in [5, 5.41) is 8.70. The lowest BCUT2D eigenvalue weighted by Crippen LogP contribution is -2.11. The highest BCUT2D eigenvalue weighted by Gasteiger charge is 2.16. The Kier molecular flexibility index (Phi) is 4.15. The number of hydrogen-bond donors (Lipinski definition) is 1. The SMILES string of the molecule is O=C(CCO)c1ccc(OC2CCCC2)cc1. The lowest BCUT2D eigenvalue weighted by Gasteiger charge is -2.13. The van der Waals surface area contributed by atoms with Crippen molar-refractivity contribution in [1.82, 2.24) is 0 Å². The number of Topliss-reactive ketones (excluding diaryl/α,β-unsaturated/α-hetero) is 1. The van der Waals surface area contributed by atoms with E-state index in [4.69, 9.17) is 9.84 Å². The van der Waals surface area contributed by atoms with E-state index in [-0.39, 0.29) is 18.8 Å². The van der Waals surface area contributed by atoms with Crippen LogP contribution in [0.3, 0.4) is 0 Å². The summed E-state index contributed by atoms with van der Waals surface area (Å²) in [7, 11) is 0. The van der Waals surface area contributed by atoms with Gasteiger partial charge in [0.05, 0.1) is 12.7 Å². The maximum absolute atomic E-state index is 11.5. The van der Waals surface area contributed by atoms with Gasteiger partial charge in [-0.25, -0.2) is 0 Å². The molecule has 1 fully saturated rings. The highest BCUT2D eigenvalue weighted by atomic mass is 16.5. The number of carbonyl (C=O) groups is 1. The third-order valence-electron chi connectivity index (χ3n) is 3.12. The molecule has 1 aromatic rings. The van der Waals surface area contributed by atoms with E-state index in [1.807, 2.05) is 12.1 Å². The summed E-state index contributed by atoms with van der Waals surface area (Å²) in [5.74, 6) is 0.803. The van der Waals surface area contributed by atoms with Crippen LogP contribution in [0.1, 0.15) is 42.5 Å². The molecule has 1 N–H and O–H groups in total. The Balaban J connectivity index is 1.94. The molecule has 1 aromatic carbocycles. The molecule has 2 rings (SSSR count). The monoisotopic (exact) mass is 234 g/mol. The second-order valence-corrected chi connectivity index (χ2v) is 4.45. The summed E-state index contributed by atoms with van der Waals surface area (Å²) in [6.07, 6.45) is 5.28. The molecule has 0 spiro atoms. The highest BCUT2D eigenvalue weighted by molar-refractivity contribution is 5.96. The first-order chi connectivity index (χ1) is 8.29. The summed E-state index contributed by atoms with van der Waals surface area (Å²) in [6.45, 7) is -0.0981. The smallest absolute Gasteiger partial charge is 0.165 e. The average Bonchev–Trinajstić information content (AvgIpc) is 2.83. The molecule has 1 aliphatic carbocycles. The zero-order chi connectivity index (χ0) is 12.1. The highest BCUT2D eigenvalue weighted by Crippen LogP contribution is 2.24. The van der Waals surface area contributed by atoms with Crippen LogP contribution in [-0.2, 0) is 0 Å². The van der Waals surface area contributed by atoms with Crippen LogP contribution in [0.5, 0.6) is 5.75 Å². The molecule has 3 nitrogen and oxygen atoms in total. The topological polar surface area (TPSA) is 46.5 Å². The molecule has 0 atom stereocenters. The van der Waals surface area contributed by atoms with E-state index in [0.29, 0.717) is 11.7 Å². The molecule has 0 amide bonds. The summed E-state index contributed by atoms with van der Waals surface area (Å²) < 4.78 is 5.81. The molecule has 0 bridgehead atoms. The van der Waals surface area contributed by atoms with Gasteiger partial charge in [-0.2, -0.15) is 0 Å². The van der Waals surface area contributed by atoms with E-state index in [9.17, 15) is 4.79 Å². The number of aliphatic hydroxyl groups is 1. The molecule has 0 saturated heterocycles. The van der Waals surface area contributed by atoms with Crippen molar-refractivity contribution >= 4 is 5.78 Å². The van der Waals surface area contributed by atoms with Crippen LogP contribution in [0.2, 0.25) is 0 Å². The fraction of sp³-hybridized carbons (Fsp3) is 0.500. The number of hydrogen-bond acceptors (Lipinski definition) is 3. The Morgan fingerprint density at radius 3 is 2.47 bits per heavy atom. The van der Waals surface area contributed by atoms with E-state index in [1.165, 1.54) is 12.8 Å². The molecule has 17 heavy (non-hydrogen) atoms. The average molecular weight is 234 g/mol. The number of ketones is 1. The minimum Gasteiger partial charge on any atom is -0.490 e. The minimum atomic E-state index is -0.0981. The van der Waals surface area contributed by atoms with Crippen LogP contribution in [0, 0.1) is 0 Å². The number of rotatable bonds is 5. The molecule has 0 aromatic heterocycles. The van der Waals surface area contributed by atoms with Gasteiger partial charge in [0.25, 0.3) is 0 Å². The molecule has 0 heterocycles. The van der Waals surface area contributed by atoms with Gasteiger partial charge in [0.1, 0.15) is 5.75 Å². The van der Waals surface area contributed by atoms with E-state index >= 15 is 0 Å². The third kappa shape index (κ3) is 3.30. The van der Waals surface area contributed by atoms with Crippen molar-refractivity contribution in [2.45, 2.75) is 38.2 Å². The molecule has 1 saturated carbocycles. The van der Waals surface area contributed by atoms with Crippen LogP contribution in [0.15, 0.2) is 24.3 Å². The molecule has 0 radical (unpaired) electrons. The molecular weight excluding hydrogens is 216 g/mol. The summed E-state index contributed by atoms with van der Waals surface area (Å²) in [6, 6.07) is 7.20. The maximum Gasteiger partial charge on any atom is 0.165 e. The Morgan fingerprint density at radius 2 is 1.88 bits per heavy atom. The van der Waals surface area contributed by atoms with Crippen molar-refractivity contribution in [3.05, 3.63) is 29.8 Å². The van der Waals surface area contributed by atoms with E-state index in [0.717, 1.165) is 18.6 Å².